The lowest BCUT2D eigenvalue weighted by molar-refractivity contribution is 0.398. The molecule has 1 atom stereocenters. The molecule has 0 radical (unpaired) electrons. The Morgan fingerprint density at radius 1 is 0.543 bits per heavy atom. The van der Waals surface area contributed by atoms with Gasteiger partial charge in [-0.05, 0) is 196 Å². The number of fused-ring (bicyclic) bond motifs is 16. The highest BCUT2D eigenvalue weighted by atomic mass is 16.3. The molecule has 3 heterocycles. The zero-order valence-corrected chi connectivity index (χ0v) is 41.6. The predicted octanol–water partition coefficient (Wildman–Crippen LogP) is 16.1. The molecule has 0 fully saturated rings. The second-order valence-electron chi connectivity index (χ2n) is 22.6. The Hall–Kier alpha value is -7.43. The van der Waals surface area contributed by atoms with Gasteiger partial charge in [-0.2, -0.15) is 0 Å². The van der Waals surface area contributed by atoms with Gasteiger partial charge in [0.25, 0.3) is 0 Å². The van der Waals surface area contributed by atoms with Crippen LogP contribution in [0.3, 0.4) is 0 Å². The van der Waals surface area contributed by atoms with E-state index in [4.69, 9.17) is 13.8 Å². The molecule has 0 aliphatic heterocycles. The molecule has 4 heteroatoms. The highest BCUT2D eigenvalue weighted by Gasteiger charge is 2.44. The van der Waals surface area contributed by atoms with E-state index in [9.17, 15) is 0 Å². The molecule has 7 aromatic carbocycles. The Morgan fingerprint density at radius 3 is 1.89 bits per heavy atom. The smallest absolute Gasteiger partial charge is 0.143 e. The van der Waals surface area contributed by atoms with Crippen LogP contribution in [0.5, 0.6) is 0 Å². The summed E-state index contributed by atoms with van der Waals surface area (Å²) in [5, 5.41) is 4.87. The Bertz CT molecular complexity index is 4060. The Labute approximate surface area is 409 Å². The number of aromatic nitrogens is 1. The van der Waals surface area contributed by atoms with Crippen LogP contribution in [0.1, 0.15) is 104 Å². The summed E-state index contributed by atoms with van der Waals surface area (Å²) in [5.74, 6) is 1.33. The maximum atomic E-state index is 6.91. The monoisotopic (exact) mass is 908 g/mol. The van der Waals surface area contributed by atoms with Gasteiger partial charge in [0.1, 0.15) is 28.0 Å². The van der Waals surface area contributed by atoms with Gasteiger partial charge in [0.05, 0.1) is 0 Å². The van der Waals surface area contributed by atoms with Crippen LogP contribution in [0, 0.1) is 26.7 Å². The van der Waals surface area contributed by atoms with Gasteiger partial charge < -0.3 is 8.83 Å². The van der Waals surface area contributed by atoms with Crippen molar-refractivity contribution in [2.45, 2.75) is 91.4 Å². The van der Waals surface area contributed by atoms with Gasteiger partial charge in [-0.25, -0.2) is 4.98 Å². The van der Waals surface area contributed by atoms with E-state index in [1.54, 1.807) is 0 Å². The van der Waals surface area contributed by atoms with Crippen molar-refractivity contribution in [2.75, 3.05) is 4.90 Å². The minimum Gasteiger partial charge on any atom is -0.456 e. The molecular formula is C66H56N2O2. The molecule has 0 spiro atoms. The van der Waals surface area contributed by atoms with Gasteiger partial charge >= 0.3 is 0 Å². The van der Waals surface area contributed by atoms with Gasteiger partial charge in [0.2, 0.25) is 0 Å². The fourth-order valence-electron chi connectivity index (χ4n) is 13.9. The number of rotatable bonds is 4. The fraction of sp³-hybridized carbons (Fsp3) is 0.227. The topological polar surface area (TPSA) is 42.4 Å². The van der Waals surface area contributed by atoms with Gasteiger partial charge in [0.15, 0.2) is 0 Å². The van der Waals surface area contributed by atoms with E-state index < -0.39 is 0 Å². The van der Waals surface area contributed by atoms with Crippen LogP contribution in [-0.4, -0.2) is 4.98 Å². The average molecular weight is 909 g/mol. The number of hydrogen-bond donors (Lipinski definition) is 0. The van der Waals surface area contributed by atoms with E-state index >= 15 is 0 Å². The number of benzene rings is 7. The van der Waals surface area contributed by atoms with E-state index in [0.717, 1.165) is 63.1 Å². The largest absolute Gasteiger partial charge is 0.456 e. The summed E-state index contributed by atoms with van der Waals surface area (Å²) in [6.45, 7) is 21.2. The van der Waals surface area contributed by atoms with Crippen LogP contribution in [-0.2, 0) is 16.2 Å². The van der Waals surface area contributed by atoms with Crippen molar-refractivity contribution in [3.8, 4) is 33.4 Å². The number of anilines is 3. The average Bonchev–Trinajstić information content (AvgIpc) is 4.04. The third kappa shape index (κ3) is 5.56. The Balaban J connectivity index is 0.933. The molecule has 0 bridgehead atoms. The van der Waals surface area contributed by atoms with Crippen molar-refractivity contribution in [3.05, 3.63) is 200 Å². The van der Waals surface area contributed by atoms with Gasteiger partial charge in [0, 0.05) is 55.3 Å². The normalized spacial score (nSPS) is 17.4. The van der Waals surface area contributed by atoms with Crippen LogP contribution in [0.2, 0.25) is 0 Å². The maximum absolute atomic E-state index is 6.91. The summed E-state index contributed by atoms with van der Waals surface area (Å²) >= 11 is 0. The van der Waals surface area contributed by atoms with E-state index in [1.165, 1.54) is 99.5 Å². The van der Waals surface area contributed by atoms with Gasteiger partial charge in [-0.15, -0.1) is 0 Å². The lowest BCUT2D eigenvalue weighted by Gasteiger charge is -2.41. The quantitative estimate of drug-likeness (QED) is 0.176. The van der Waals surface area contributed by atoms with Gasteiger partial charge in [-0.3, -0.25) is 4.90 Å². The summed E-state index contributed by atoms with van der Waals surface area (Å²) in [6, 6.07) is 49.8. The minimum absolute atomic E-state index is 0.0175. The molecule has 3 aromatic heterocycles. The molecule has 4 nitrogen and oxygen atoms in total. The van der Waals surface area contributed by atoms with Crippen molar-refractivity contribution < 1.29 is 8.83 Å². The van der Waals surface area contributed by atoms with Crippen molar-refractivity contribution >= 4 is 61.7 Å². The second kappa shape index (κ2) is 14.1. The van der Waals surface area contributed by atoms with Crippen molar-refractivity contribution in [1.29, 1.82) is 0 Å². The summed E-state index contributed by atoms with van der Waals surface area (Å²) in [5.41, 5.74) is 26.6. The van der Waals surface area contributed by atoms with Gasteiger partial charge in [-0.1, -0.05) is 114 Å². The van der Waals surface area contributed by atoms with Crippen molar-refractivity contribution in [1.82, 2.24) is 4.98 Å². The molecule has 0 amide bonds. The first-order valence-electron chi connectivity index (χ1n) is 25.2. The predicted molar refractivity (Wildman–Crippen MR) is 289 cm³/mol. The molecule has 342 valence electrons. The van der Waals surface area contributed by atoms with Crippen LogP contribution >= 0.6 is 0 Å². The SMILES string of the molecule is Cc1cc(C)c(-c2cc3c(c4c2oc2ccccc24)-c2ccc(N(c4ccc5c(c4)C(C)(C)c4cc6c(cc4-5)C(C)(C)CC4CC=c5oc7ccccc7c5=C64)c4ccccn4)cc2C3(C)C)c(C)c1. The summed E-state index contributed by atoms with van der Waals surface area (Å²) in [7, 11) is 0. The Morgan fingerprint density at radius 2 is 1.16 bits per heavy atom. The third-order valence-electron chi connectivity index (χ3n) is 17.1. The molecule has 0 saturated heterocycles. The first-order valence-corrected chi connectivity index (χ1v) is 25.2. The molecule has 4 aliphatic rings. The van der Waals surface area contributed by atoms with E-state index in [2.05, 4.69) is 201 Å². The molecule has 0 N–H and O–H groups in total. The zero-order valence-electron chi connectivity index (χ0n) is 41.6. The number of pyridine rings is 1. The Kier molecular flexibility index (Phi) is 8.37. The highest BCUT2D eigenvalue weighted by molar-refractivity contribution is 6.19. The zero-order chi connectivity index (χ0) is 47.7. The fourth-order valence-corrected chi connectivity index (χ4v) is 13.9. The first-order chi connectivity index (χ1) is 33.7. The summed E-state index contributed by atoms with van der Waals surface area (Å²) in [6.07, 6.45) is 6.37. The van der Waals surface area contributed by atoms with Crippen molar-refractivity contribution in [3.63, 3.8) is 0 Å². The first kappa shape index (κ1) is 41.5. The second-order valence-corrected chi connectivity index (χ2v) is 22.6. The number of nitrogens with zero attached hydrogens (tertiary/aromatic N) is 2. The number of hydrogen-bond acceptors (Lipinski definition) is 4. The molecule has 4 aliphatic carbocycles. The van der Waals surface area contributed by atoms with Crippen LogP contribution in [0.4, 0.5) is 17.2 Å². The van der Waals surface area contributed by atoms with Crippen LogP contribution in [0.25, 0.3) is 77.9 Å². The van der Waals surface area contributed by atoms with Crippen molar-refractivity contribution in [2.24, 2.45) is 5.92 Å². The number of para-hydroxylation sites is 2. The third-order valence-corrected chi connectivity index (χ3v) is 17.1. The number of furan rings is 2. The maximum Gasteiger partial charge on any atom is 0.143 e. The summed E-state index contributed by atoms with van der Waals surface area (Å²) in [4.78, 5) is 7.41. The standard InChI is InChI=1S/C66H56N2O2/c1-36-28-37(2)58(38(3)29-36)48-34-53-60(62-45-17-11-13-19-55(45)70-63(48)62)43-25-23-41(31-51(43)66(53,8)9)68(57-20-14-15-27-67-57)40-22-24-42-46-32-49-47(33-52(46)65(6,7)50(42)30-40)59-39(35-64(49,4)5)21-26-56-61(59)44-16-10-12-18-54(44)69-56/h10-20,22-34,39H,21,35H2,1-9H3. The van der Waals surface area contributed by atoms with E-state index in [-0.39, 0.29) is 16.2 Å². The summed E-state index contributed by atoms with van der Waals surface area (Å²) < 4.78 is 13.4. The molecule has 1 unspecified atom stereocenters. The molecule has 0 saturated carbocycles. The lowest BCUT2D eigenvalue weighted by atomic mass is 9.63. The highest BCUT2D eigenvalue weighted by Crippen LogP contribution is 2.58. The molecule has 14 rings (SSSR count). The van der Waals surface area contributed by atoms with E-state index in [0.29, 0.717) is 5.92 Å². The molecule has 10 aromatic rings. The molecular weight excluding hydrogens is 853 g/mol. The number of aryl methyl sites for hydroxylation is 3. The van der Waals surface area contributed by atoms with Crippen LogP contribution < -0.4 is 15.5 Å². The minimum atomic E-state index is -0.310. The van der Waals surface area contributed by atoms with Crippen LogP contribution in [0.15, 0.2) is 148 Å². The lowest BCUT2D eigenvalue weighted by Crippen LogP contribution is -2.38. The van der Waals surface area contributed by atoms with E-state index in [1.807, 2.05) is 12.3 Å². The molecule has 70 heavy (non-hydrogen) atoms.